The predicted molar refractivity (Wildman–Crippen MR) is 105 cm³/mol. The highest BCUT2D eigenvalue weighted by Crippen LogP contribution is 2.28. The predicted octanol–water partition coefficient (Wildman–Crippen LogP) is 1.88. The fraction of sp³-hybridized carbons (Fsp3) is 0.263. The molecular weight excluding hydrogens is 400 g/mol. The summed E-state index contributed by atoms with van der Waals surface area (Å²) in [6.07, 6.45) is -0.182. The van der Waals surface area contributed by atoms with Gasteiger partial charge in [-0.1, -0.05) is 6.07 Å². The quantitative estimate of drug-likeness (QED) is 0.415. The Morgan fingerprint density at radius 1 is 1.10 bits per heavy atom. The molecule has 0 fully saturated rings. The number of para-hydroxylation sites is 1. The molecule has 0 atom stereocenters. The molecule has 10 heteroatoms. The number of methoxy groups -OCH3 is 1. The number of anilines is 1. The highest BCUT2D eigenvalue weighted by atomic mass is 32.2. The fourth-order valence-electron chi connectivity index (χ4n) is 2.40. The van der Waals surface area contributed by atoms with E-state index in [1.165, 1.54) is 37.4 Å². The maximum absolute atomic E-state index is 12.3. The van der Waals surface area contributed by atoms with Gasteiger partial charge < -0.3 is 19.9 Å². The Balaban J connectivity index is 1.93. The molecule has 0 spiro atoms. The summed E-state index contributed by atoms with van der Waals surface area (Å²) in [5.74, 6) is -1.17. The number of carbonyl (C=O) groups is 2. The Bertz CT molecular complexity index is 973. The smallest absolute Gasteiger partial charge is 0.341 e. The van der Waals surface area contributed by atoms with Gasteiger partial charge in [0.1, 0.15) is 11.3 Å². The minimum absolute atomic E-state index is 0.0206. The van der Waals surface area contributed by atoms with Crippen LogP contribution in [0.2, 0.25) is 0 Å². The van der Waals surface area contributed by atoms with E-state index in [4.69, 9.17) is 4.74 Å². The van der Waals surface area contributed by atoms with Gasteiger partial charge in [0.05, 0.1) is 24.3 Å². The van der Waals surface area contributed by atoms with Gasteiger partial charge in [0, 0.05) is 13.0 Å². The largest absolute Gasteiger partial charge is 0.505 e. The molecule has 0 radical (unpaired) electrons. The first kappa shape index (κ1) is 22.2. The van der Waals surface area contributed by atoms with Crippen LogP contribution in [0.3, 0.4) is 0 Å². The number of esters is 1. The van der Waals surface area contributed by atoms with Crippen LogP contribution in [0, 0.1) is 0 Å². The first-order valence-corrected chi connectivity index (χ1v) is 10.2. The van der Waals surface area contributed by atoms with Crippen molar-refractivity contribution in [2.75, 3.05) is 25.6 Å². The van der Waals surface area contributed by atoms with E-state index in [1.54, 1.807) is 12.1 Å². The van der Waals surface area contributed by atoms with Crippen molar-refractivity contribution in [2.45, 2.75) is 18.2 Å². The molecule has 0 heterocycles. The highest BCUT2D eigenvalue weighted by Gasteiger charge is 2.17. The van der Waals surface area contributed by atoms with Gasteiger partial charge in [-0.25, -0.2) is 17.9 Å². The van der Waals surface area contributed by atoms with Crippen LogP contribution in [0.25, 0.3) is 0 Å². The number of hydrogen-bond acceptors (Lipinski definition) is 7. The van der Waals surface area contributed by atoms with Crippen molar-refractivity contribution in [1.82, 2.24) is 4.72 Å². The molecule has 0 aliphatic heterocycles. The van der Waals surface area contributed by atoms with Crippen molar-refractivity contribution in [3.05, 3.63) is 48.0 Å². The Hall–Kier alpha value is -3.11. The first-order valence-electron chi connectivity index (χ1n) is 8.71. The average molecular weight is 422 g/mol. The lowest BCUT2D eigenvalue weighted by Gasteiger charge is -2.11. The van der Waals surface area contributed by atoms with Gasteiger partial charge in [0.25, 0.3) is 0 Å². The number of phenolic OH excluding ortho intramolecular Hbond substituents is 1. The highest BCUT2D eigenvalue weighted by molar-refractivity contribution is 7.89. The molecule has 0 saturated carbocycles. The van der Waals surface area contributed by atoms with E-state index in [0.29, 0.717) is 12.4 Å². The zero-order chi connectivity index (χ0) is 21.4. The number of sulfonamides is 1. The van der Waals surface area contributed by atoms with Gasteiger partial charge >= 0.3 is 5.97 Å². The summed E-state index contributed by atoms with van der Waals surface area (Å²) in [7, 11) is -2.62. The van der Waals surface area contributed by atoms with E-state index in [1.807, 2.05) is 6.92 Å². The molecule has 2 aromatic rings. The lowest BCUT2D eigenvalue weighted by molar-refractivity contribution is -0.116. The van der Waals surface area contributed by atoms with Crippen molar-refractivity contribution in [3.8, 4) is 11.5 Å². The molecule has 1 amide bonds. The summed E-state index contributed by atoms with van der Waals surface area (Å²) < 4.78 is 36.7. The standard InChI is InChI=1S/C19H22N2O7S/c1-3-28-13-7-9-14(10-8-13)29(25,26)20-12-11-17(22)21-16-6-4-5-15(18(16)23)19(24)27-2/h4-10,20,23H,3,11-12H2,1-2H3,(H,21,22). The normalized spacial score (nSPS) is 11.0. The van der Waals surface area contributed by atoms with Gasteiger partial charge in [-0.2, -0.15) is 0 Å². The second-order valence-electron chi connectivity index (χ2n) is 5.79. The van der Waals surface area contributed by atoms with Crippen LogP contribution in [-0.4, -0.2) is 45.7 Å². The van der Waals surface area contributed by atoms with Crippen LogP contribution < -0.4 is 14.8 Å². The van der Waals surface area contributed by atoms with Crippen molar-refractivity contribution in [3.63, 3.8) is 0 Å². The Morgan fingerprint density at radius 2 is 1.79 bits per heavy atom. The number of rotatable bonds is 9. The molecule has 29 heavy (non-hydrogen) atoms. The maximum atomic E-state index is 12.3. The zero-order valence-electron chi connectivity index (χ0n) is 16.0. The lowest BCUT2D eigenvalue weighted by atomic mass is 10.1. The number of nitrogens with one attached hydrogen (secondary N) is 2. The number of aromatic hydroxyl groups is 1. The molecule has 156 valence electrons. The summed E-state index contributed by atoms with van der Waals surface area (Å²) in [5.41, 5.74) is -0.0752. The van der Waals surface area contributed by atoms with Crippen LogP contribution >= 0.6 is 0 Å². The van der Waals surface area contributed by atoms with Crippen molar-refractivity contribution in [1.29, 1.82) is 0 Å². The minimum Gasteiger partial charge on any atom is -0.505 e. The topological polar surface area (TPSA) is 131 Å². The molecular formula is C19H22N2O7S. The molecule has 0 unspecified atom stereocenters. The van der Waals surface area contributed by atoms with Crippen LogP contribution in [0.5, 0.6) is 11.5 Å². The van der Waals surface area contributed by atoms with Crippen LogP contribution in [0.4, 0.5) is 5.69 Å². The number of phenols is 1. The molecule has 3 N–H and O–H groups in total. The number of amides is 1. The van der Waals surface area contributed by atoms with E-state index < -0.39 is 27.6 Å². The monoisotopic (exact) mass is 422 g/mol. The maximum Gasteiger partial charge on any atom is 0.341 e. The minimum atomic E-state index is -3.79. The van der Waals surface area contributed by atoms with E-state index in [9.17, 15) is 23.1 Å². The van der Waals surface area contributed by atoms with Crippen molar-refractivity contribution in [2.24, 2.45) is 0 Å². The fourth-order valence-corrected chi connectivity index (χ4v) is 3.43. The summed E-state index contributed by atoms with van der Waals surface area (Å²) in [5, 5.41) is 12.5. The molecule has 2 rings (SSSR count). The Labute approximate surface area is 168 Å². The third kappa shape index (κ3) is 5.93. The van der Waals surface area contributed by atoms with Crippen molar-refractivity contribution < 1.29 is 32.6 Å². The third-order valence-electron chi connectivity index (χ3n) is 3.80. The summed E-state index contributed by atoms with van der Waals surface area (Å²) in [4.78, 5) is 23.7. The summed E-state index contributed by atoms with van der Waals surface area (Å²) in [6.45, 7) is 2.14. The molecule has 0 aromatic heterocycles. The first-order chi connectivity index (χ1) is 13.8. The number of hydrogen-bond donors (Lipinski definition) is 3. The van der Waals surface area contributed by atoms with Crippen LogP contribution in [0.1, 0.15) is 23.7 Å². The average Bonchev–Trinajstić information content (AvgIpc) is 2.69. The van der Waals surface area contributed by atoms with E-state index in [-0.39, 0.29) is 29.1 Å². The molecule has 0 saturated heterocycles. The molecule has 9 nitrogen and oxygen atoms in total. The SMILES string of the molecule is CCOc1ccc(S(=O)(=O)NCCC(=O)Nc2cccc(C(=O)OC)c2O)cc1. The number of benzene rings is 2. The van der Waals surface area contributed by atoms with Gasteiger partial charge in [0.2, 0.25) is 15.9 Å². The molecule has 0 aliphatic rings. The summed E-state index contributed by atoms with van der Waals surface area (Å²) >= 11 is 0. The number of ether oxygens (including phenoxy) is 2. The van der Waals surface area contributed by atoms with Crippen molar-refractivity contribution >= 4 is 27.6 Å². The van der Waals surface area contributed by atoms with E-state index in [2.05, 4.69) is 14.8 Å². The second kappa shape index (κ2) is 9.89. The third-order valence-corrected chi connectivity index (χ3v) is 5.28. The van der Waals surface area contributed by atoms with Gasteiger partial charge in [-0.15, -0.1) is 0 Å². The van der Waals surface area contributed by atoms with Crippen LogP contribution in [0.15, 0.2) is 47.4 Å². The Kier molecular flexibility index (Phi) is 7.57. The zero-order valence-corrected chi connectivity index (χ0v) is 16.8. The van der Waals surface area contributed by atoms with E-state index in [0.717, 1.165) is 0 Å². The molecule has 0 bridgehead atoms. The van der Waals surface area contributed by atoms with Gasteiger partial charge in [0.15, 0.2) is 5.75 Å². The summed E-state index contributed by atoms with van der Waals surface area (Å²) in [6, 6.07) is 10.1. The van der Waals surface area contributed by atoms with Crippen LogP contribution in [-0.2, 0) is 19.6 Å². The lowest BCUT2D eigenvalue weighted by Crippen LogP contribution is -2.27. The molecule has 2 aromatic carbocycles. The second-order valence-corrected chi connectivity index (χ2v) is 7.56. The van der Waals surface area contributed by atoms with E-state index >= 15 is 0 Å². The molecule has 0 aliphatic carbocycles. The Morgan fingerprint density at radius 3 is 2.41 bits per heavy atom. The number of carbonyl (C=O) groups excluding carboxylic acids is 2. The van der Waals surface area contributed by atoms with Gasteiger partial charge in [-0.05, 0) is 43.3 Å². The van der Waals surface area contributed by atoms with Gasteiger partial charge in [-0.3, -0.25) is 4.79 Å².